The van der Waals surface area contributed by atoms with Gasteiger partial charge in [-0.1, -0.05) is 6.07 Å². The molecule has 1 amide bonds. The molecule has 106 valence electrons. The van der Waals surface area contributed by atoms with Gasteiger partial charge in [-0.15, -0.1) is 11.3 Å². The maximum Gasteiger partial charge on any atom is 0.225 e. The van der Waals surface area contributed by atoms with E-state index >= 15 is 0 Å². The summed E-state index contributed by atoms with van der Waals surface area (Å²) in [6, 6.07) is 3.93. The minimum absolute atomic E-state index is 0.0269. The topological polar surface area (TPSA) is 56.2 Å². The number of amides is 1. The molecule has 3 rings (SSSR count). The van der Waals surface area contributed by atoms with Crippen LogP contribution in [0.3, 0.4) is 0 Å². The highest BCUT2D eigenvalue weighted by Crippen LogP contribution is 2.24. The summed E-state index contributed by atoms with van der Waals surface area (Å²) in [4.78, 5) is 13.0. The first-order valence-electron chi connectivity index (χ1n) is 6.65. The number of carbonyl (C=O) groups is 1. The van der Waals surface area contributed by atoms with Crippen LogP contribution in [0, 0.1) is 0 Å². The number of carbonyl (C=O) groups excluding carboxylic acids is 1. The quantitative estimate of drug-likeness (QED) is 0.927. The molecule has 3 heterocycles. The van der Waals surface area contributed by atoms with Crippen LogP contribution < -0.4 is 5.32 Å². The van der Waals surface area contributed by atoms with Gasteiger partial charge < -0.3 is 10.1 Å². The number of aromatic nitrogens is 2. The Hall–Kier alpha value is -1.66. The molecule has 1 N–H and O–H groups in total. The molecule has 1 aliphatic rings. The molecular weight excluding hydrogens is 274 g/mol. The van der Waals surface area contributed by atoms with Crippen LogP contribution in [0.2, 0.25) is 0 Å². The first-order valence-corrected chi connectivity index (χ1v) is 7.53. The molecule has 0 saturated heterocycles. The SMILES string of the molecule is Cn1cc2c(n1)[C@H](CNC(=O)Cc1cccs1)OCC2. The van der Waals surface area contributed by atoms with Crippen molar-refractivity contribution in [1.29, 1.82) is 0 Å². The molecule has 0 aromatic carbocycles. The van der Waals surface area contributed by atoms with E-state index < -0.39 is 0 Å². The molecule has 2 aromatic heterocycles. The fraction of sp³-hybridized carbons (Fsp3) is 0.429. The summed E-state index contributed by atoms with van der Waals surface area (Å²) < 4.78 is 7.52. The van der Waals surface area contributed by atoms with Gasteiger partial charge in [0.05, 0.1) is 18.7 Å². The number of hydrogen-bond donors (Lipinski definition) is 1. The van der Waals surface area contributed by atoms with Gasteiger partial charge in [-0.05, 0) is 23.4 Å². The molecule has 1 aliphatic heterocycles. The van der Waals surface area contributed by atoms with E-state index in [0.29, 0.717) is 19.6 Å². The van der Waals surface area contributed by atoms with E-state index in [4.69, 9.17) is 4.74 Å². The van der Waals surface area contributed by atoms with E-state index in [-0.39, 0.29) is 12.0 Å². The summed E-state index contributed by atoms with van der Waals surface area (Å²) in [7, 11) is 1.91. The number of fused-ring (bicyclic) bond motifs is 1. The van der Waals surface area contributed by atoms with E-state index in [2.05, 4.69) is 10.4 Å². The number of nitrogens with zero attached hydrogens (tertiary/aromatic N) is 2. The highest BCUT2D eigenvalue weighted by molar-refractivity contribution is 7.10. The number of aryl methyl sites for hydroxylation is 1. The Kier molecular flexibility index (Phi) is 3.84. The van der Waals surface area contributed by atoms with Crippen LogP contribution in [0.25, 0.3) is 0 Å². The lowest BCUT2D eigenvalue weighted by Gasteiger charge is -2.22. The number of rotatable bonds is 4. The third-order valence-electron chi connectivity index (χ3n) is 3.33. The van der Waals surface area contributed by atoms with Gasteiger partial charge in [-0.2, -0.15) is 5.10 Å². The predicted molar refractivity (Wildman–Crippen MR) is 76.6 cm³/mol. The Morgan fingerprint density at radius 2 is 2.55 bits per heavy atom. The fourth-order valence-electron chi connectivity index (χ4n) is 2.40. The summed E-state index contributed by atoms with van der Waals surface area (Å²) in [5.41, 5.74) is 2.17. The zero-order valence-electron chi connectivity index (χ0n) is 11.3. The minimum atomic E-state index is -0.132. The van der Waals surface area contributed by atoms with E-state index in [1.165, 1.54) is 5.56 Å². The molecule has 0 bridgehead atoms. The third-order valence-corrected chi connectivity index (χ3v) is 4.21. The summed E-state index contributed by atoms with van der Waals surface area (Å²) in [6.45, 7) is 1.17. The Morgan fingerprint density at radius 1 is 1.65 bits per heavy atom. The standard InChI is InChI=1S/C14H17N3O2S/c1-17-9-10-4-5-19-12(14(10)16-17)8-15-13(18)7-11-3-2-6-20-11/h2-3,6,9,12H,4-5,7-8H2,1H3,(H,15,18)/t12-/m0/s1. The molecule has 5 nitrogen and oxygen atoms in total. The normalized spacial score (nSPS) is 17.8. The lowest BCUT2D eigenvalue weighted by atomic mass is 10.1. The van der Waals surface area contributed by atoms with Crippen molar-refractivity contribution in [2.24, 2.45) is 7.05 Å². The molecule has 0 unspecified atom stereocenters. The third kappa shape index (κ3) is 2.91. The van der Waals surface area contributed by atoms with Gasteiger partial charge in [0.15, 0.2) is 0 Å². The summed E-state index contributed by atoms with van der Waals surface area (Å²) in [5, 5.41) is 9.34. The largest absolute Gasteiger partial charge is 0.370 e. The van der Waals surface area contributed by atoms with Crippen molar-refractivity contribution < 1.29 is 9.53 Å². The molecule has 0 radical (unpaired) electrons. The van der Waals surface area contributed by atoms with Crippen LogP contribution >= 0.6 is 11.3 Å². The first-order chi connectivity index (χ1) is 9.72. The van der Waals surface area contributed by atoms with Crippen molar-refractivity contribution in [1.82, 2.24) is 15.1 Å². The maximum absolute atomic E-state index is 11.9. The van der Waals surface area contributed by atoms with Crippen LogP contribution in [-0.4, -0.2) is 28.8 Å². The summed E-state index contributed by atoms with van der Waals surface area (Å²) >= 11 is 1.60. The van der Waals surface area contributed by atoms with Gasteiger partial charge >= 0.3 is 0 Å². The van der Waals surface area contributed by atoms with Crippen molar-refractivity contribution in [2.45, 2.75) is 18.9 Å². The number of hydrogen-bond acceptors (Lipinski definition) is 4. The van der Waals surface area contributed by atoms with Crippen LogP contribution in [0.4, 0.5) is 0 Å². The van der Waals surface area contributed by atoms with Gasteiger partial charge in [0, 0.05) is 24.7 Å². The van der Waals surface area contributed by atoms with E-state index in [9.17, 15) is 4.79 Å². The second-order valence-electron chi connectivity index (χ2n) is 4.88. The second kappa shape index (κ2) is 5.76. The summed E-state index contributed by atoms with van der Waals surface area (Å²) in [6.07, 6.45) is 3.22. The van der Waals surface area contributed by atoms with Gasteiger partial charge in [0.1, 0.15) is 6.10 Å². The van der Waals surface area contributed by atoms with Crippen molar-refractivity contribution >= 4 is 17.2 Å². The zero-order chi connectivity index (χ0) is 13.9. The second-order valence-corrected chi connectivity index (χ2v) is 5.92. The van der Waals surface area contributed by atoms with Crippen LogP contribution in [0.5, 0.6) is 0 Å². The van der Waals surface area contributed by atoms with Gasteiger partial charge in [-0.3, -0.25) is 9.48 Å². The molecule has 0 spiro atoms. The first kappa shape index (κ1) is 13.3. The average molecular weight is 291 g/mol. The van der Waals surface area contributed by atoms with Gasteiger partial charge in [-0.25, -0.2) is 0 Å². The van der Waals surface area contributed by atoms with Crippen molar-refractivity contribution in [2.75, 3.05) is 13.2 Å². The molecule has 2 aromatic rings. The number of nitrogens with one attached hydrogen (secondary N) is 1. The van der Waals surface area contributed by atoms with Crippen LogP contribution in [0.15, 0.2) is 23.7 Å². The number of ether oxygens (including phenoxy) is 1. The predicted octanol–water partition coefficient (Wildman–Crippen LogP) is 1.45. The molecule has 20 heavy (non-hydrogen) atoms. The van der Waals surface area contributed by atoms with Crippen molar-refractivity contribution in [3.05, 3.63) is 39.8 Å². The average Bonchev–Trinajstić information content (AvgIpc) is 3.04. The smallest absolute Gasteiger partial charge is 0.225 e. The Morgan fingerprint density at radius 3 is 3.35 bits per heavy atom. The number of thiophene rings is 1. The molecule has 0 aliphatic carbocycles. The lowest BCUT2D eigenvalue weighted by molar-refractivity contribution is -0.121. The van der Waals surface area contributed by atoms with Gasteiger partial charge in [0.2, 0.25) is 5.91 Å². The molecular formula is C14H17N3O2S. The monoisotopic (exact) mass is 291 g/mol. The zero-order valence-corrected chi connectivity index (χ0v) is 12.2. The highest BCUT2D eigenvalue weighted by atomic mass is 32.1. The van der Waals surface area contributed by atoms with E-state index in [0.717, 1.165) is 17.0 Å². The van der Waals surface area contributed by atoms with E-state index in [1.54, 1.807) is 16.0 Å². The van der Waals surface area contributed by atoms with Crippen molar-refractivity contribution in [3.63, 3.8) is 0 Å². The highest BCUT2D eigenvalue weighted by Gasteiger charge is 2.24. The molecule has 1 atom stereocenters. The molecule has 6 heteroatoms. The molecule has 0 fully saturated rings. The summed E-state index contributed by atoms with van der Waals surface area (Å²) in [5.74, 6) is 0.0269. The van der Waals surface area contributed by atoms with Crippen molar-refractivity contribution in [3.8, 4) is 0 Å². The van der Waals surface area contributed by atoms with Gasteiger partial charge in [0.25, 0.3) is 0 Å². The van der Waals surface area contributed by atoms with E-state index in [1.807, 2.05) is 30.8 Å². The Bertz CT molecular complexity index is 592. The van der Waals surface area contributed by atoms with Crippen LogP contribution in [0.1, 0.15) is 22.2 Å². The van der Waals surface area contributed by atoms with Crippen LogP contribution in [-0.2, 0) is 29.4 Å². The molecule has 0 saturated carbocycles. The Balaban J connectivity index is 1.57. The lowest BCUT2D eigenvalue weighted by Crippen LogP contribution is -2.32. The maximum atomic E-state index is 11.9. The Labute approximate surface area is 121 Å². The fourth-order valence-corrected chi connectivity index (χ4v) is 3.11. The minimum Gasteiger partial charge on any atom is -0.370 e.